The summed E-state index contributed by atoms with van der Waals surface area (Å²) in [5.74, 6) is 0.439. The van der Waals surface area contributed by atoms with Gasteiger partial charge in [-0.2, -0.15) is 4.73 Å². The number of oxime groups is 1. The van der Waals surface area contributed by atoms with E-state index in [2.05, 4.69) is 10.5 Å². The number of rotatable bonds is 5. The van der Waals surface area contributed by atoms with Crippen LogP contribution in [0.2, 0.25) is 0 Å². The van der Waals surface area contributed by atoms with E-state index in [1.165, 1.54) is 18.0 Å². The zero-order valence-corrected chi connectivity index (χ0v) is 15.2. The van der Waals surface area contributed by atoms with Crippen molar-refractivity contribution in [3.8, 4) is 0 Å². The summed E-state index contributed by atoms with van der Waals surface area (Å²) >= 11 is 1.35. The van der Waals surface area contributed by atoms with E-state index in [0.717, 1.165) is 4.73 Å². The lowest BCUT2D eigenvalue weighted by Crippen LogP contribution is -2.29. The lowest BCUT2D eigenvalue weighted by atomic mass is 9.91. The Bertz CT molecular complexity index is 743. The molecule has 2 aromatic rings. The molecule has 1 heterocycles. The van der Waals surface area contributed by atoms with Crippen molar-refractivity contribution in [3.05, 3.63) is 59.9 Å². The second-order valence-electron chi connectivity index (χ2n) is 6.31. The molecule has 0 saturated heterocycles. The van der Waals surface area contributed by atoms with Crippen LogP contribution in [0.1, 0.15) is 20.8 Å². The molecule has 0 spiro atoms. The Morgan fingerprint density at radius 1 is 1.20 bits per heavy atom. The van der Waals surface area contributed by atoms with E-state index in [1.54, 1.807) is 30.3 Å². The fourth-order valence-electron chi connectivity index (χ4n) is 1.81. The number of carbonyl (C=O) groups excluding carboxylic acids is 1. The van der Waals surface area contributed by atoms with Gasteiger partial charge in [0.1, 0.15) is 0 Å². The van der Waals surface area contributed by atoms with Gasteiger partial charge in [0.05, 0.1) is 5.71 Å². The van der Waals surface area contributed by atoms with Gasteiger partial charge in [-0.3, -0.25) is 10.2 Å². The van der Waals surface area contributed by atoms with Crippen molar-refractivity contribution in [1.82, 2.24) is 0 Å². The van der Waals surface area contributed by atoms with Gasteiger partial charge < -0.3 is 5.21 Å². The van der Waals surface area contributed by atoms with Crippen LogP contribution in [-0.4, -0.2) is 17.6 Å². The number of hydrogen-bond donors (Lipinski definition) is 1. The van der Waals surface area contributed by atoms with Gasteiger partial charge in [0.25, 0.3) is 5.03 Å². The second kappa shape index (κ2) is 8.53. The number of hydrogen-bond acceptors (Lipinski definition) is 5. The van der Waals surface area contributed by atoms with E-state index >= 15 is 0 Å². The molecule has 0 aliphatic heterocycles. The number of anilines is 1. The fourth-order valence-corrected chi connectivity index (χ4v) is 2.94. The van der Waals surface area contributed by atoms with Crippen LogP contribution >= 0.6 is 11.8 Å². The minimum absolute atomic E-state index is 0.303. The number of aromatic nitrogens is 1. The minimum Gasteiger partial charge on any atom is -0.618 e. The van der Waals surface area contributed by atoms with Crippen LogP contribution < -0.4 is 10.0 Å². The largest absolute Gasteiger partial charge is 0.618 e. The van der Waals surface area contributed by atoms with Crippen LogP contribution in [0.15, 0.2) is 64.9 Å². The predicted molar refractivity (Wildman–Crippen MR) is 99.6 cm³/mol. The van der Waals surface area contributed by atoms with Crippen molar-refractivity contribution in [1.29, 1.82) is 0 Å². The number of benzene rings is 1. The molecule has 1 aromatic heterocycles. The maximum Gasteiger partial charge on any atom is 0.437 e. The Balaban J connectivity index is 2.00. The molecule has 7 heteroatoms. The molecule has 1 aromatic carbocycles. The van der Waals surface area contributed by atoms with Crippen molar-refractivity contribution in [2.45, 2.75) is 25.8 Å². The molecular formula is C18H21N3O3S. The minimum atomic E-state index is -0.656. The number of nitrogens with zero attached hydrogens (tertiary/aromatic N) is 2. The quantitative estimate of drug-likeness (QED) is 0.218. The molecule has 0 fully saturated rings. The smallest absolute Gasteiger partial charge is 0.437 e. The summed E-state index contributed by atoms with van der Waals surface area (Å²) in [5.41, 5.74) is 0.998. The first kappa shape index (κ1) is 18.8. The Labute approximate surface area is 151 Å². The number of para-hydroxylation sites is 1. The van der Waals surface area contributed by atoms with E-state index < -0.39 is 6.09 Å². The Hall–Kier alpha value is -2.54. The summed E-state index contributed by atoms with van der Waals surface area (Å²) in [4.78, 5) is 16.9. The van der Waals surface area contributed by atoms with Crippen LogP contribution in [0.4, 0.5) is 10.5 Å². The van der Waals surface area contributed by atoms with Crippen LogP contribution in [0.5, 0.6) is 0 Å². The number of pyridine rings is 1. The molecule has 25 heavy (non-hydrogen) atoms. The third-order valence-corrected chi connectivity index (χ3v) is 4.30. The SMILES string of the molecule is CC(C)(C)C(CSc1cccc[n+]1[O-])=NOC(=O)Nc1ccccc1. The van der Waals surface area contributed by atoms with Crippen molar-refractivity contribution in [2.75, 3.05) is 11.1 Å². The summed E-state index contributed by atoms with van der Waals surface area (Å²) < 4.78 is 0.800. The van der Waals surface area contributed by atoms with Crippen LogP contribution in [0.3, 0.4) is 0 Å². The first-order chi connectivity index (χ1) is 11.9. The van der Waals surface area contributed by atoms with E-state index in [0.29, 0.717) is 22.2 Å². The fraction of sp³-hybridized carbons (Fsp3) is 0.278. The van der Waals surface area contributed by atoms with Gasteiger partial charge in [-0.1, -0.05) is 44.1 Å². The average Bonchev–Trinajstić information content (AvgIpc) is 2.56. The molecule has 0 bridgehead atoms. The van der Waals surface area contributed by atoms with E-state index in [9.17, 15) is 10.0 Å². The normalized spacial score (nSPS) is 11.9. The molecule has 0 unspecified atom stereocenters. The molecular weight excluding hydrogens is 338 g/mol. The molecule has 6 nitrogen and oxygen atoms in total. The Morgan fingerprint density at radius 3 is 2.52 bits per heavy atom. The molecule has 1 N–H and O–H groups in total. The van der Waals surface area contributed by atoms with Gasteiger partial charge >= 0.3 is 6.09 Å². The second-order valence-corrected chi connectivity index (χ2v) is 7.31. The lowest BCUT2D eigenvalue weighted by molar-refractivity contribution is -0.645. The van der Waals surface area contributed by atoms with E-state index in [4.69, 9.17) is 4.84 Å². The molecule has 0 aliphatic rings. The van der Waals surface area contributed by atoms with E-state index in [-0.39, 0.29) is 5.41 Å². The monoisotopic (exact) mass is 359 g/mol. The van der Waals surface area contributed by atoms with Gasteiger partial charge in [-0.05, 0) is 30.0 Å². The number of amides is 1. The van der Waals surface area contributed by atoms with Crippen molar-refractivity contribution < 1.29 is 14.4 Å². The molecule has 132 valence electrons. The highest BCUT2D eigenvalue weighted by Crippen LogP contribution is 2.23. The summed E-state index contributed by atoms with van der Waals surface area (Å²) in [7, 11) is 0. The van der Waals surface area contributed by atoms with Gasteiger partial charge in [-0.15, -0.1) is 0 Å². The highest BCUT2D eigenvalue weighted by Gasteiger charge is 2.22. The summed E-state index contributed by atoms with van der Waals surface area (Å²) in [6.07, 6.45) is 0.789. The molecule has 2 rings (SSSR count). The standard InChI is InChI=1S/C18H21N3O3S/c1-18(2,3)15(13-25-16-11-7-8-12-21(16)23)20-24-17(22)19-14-9-5-4-6-10-14/h4-12H,13H2,1-3H3,(H,19,22). The number of thioether (sulfide) groups is 1. The first-order valence-corrected chi connectivity index (χ1v) is 8.76. The Morgan fingerprint density at radius 2 is 1.88 bits per heavy atom. The number of nitrogens with one attached hydrogen (secondary N) is 1. The summed E-state index contributed by atoms with van der Waals surface area (Å²) in [5, 5.41) is 18.9. The lowest BCUT2D eigenvalue weighted by Gasteiger charge is -2.20. The van der Waals surface area contributed by atoms with Crippen LogP contribution in [0, 0.1) is 10.6 Å². The average molecular weight is 359 g/mol. The van der Waals surface area contributed by atoms with Gasteiger partial charge in [0, 0.05) is 29.0 Å². The molecule has 0 atom stereocenters. The predicted octanol–water partition coefficient (Wildman–Crippen LogP) is 4.06. The third kappa shape index (κ3) is 6.11. The van der Waals surface area contributed by atoms with Gasteiger partial charge in [0.15, 0.2) is 6.20 Å². The zero-order valence-electron chi connectivity index (χ0n) is 14.4. The van der Waals surface area contributed by atoms with E-state index in [1.807, 2.05) is 39.0 Å². The Kier molecular flexibility index (Phi) is 6.41. The van der Waals surface area contributed by atoms with Crippen LogP contribution in [-0.2, 0) is 4.84 Å². The molecule has 0 aliphatic carbocycles. The number of carbonyl (C=O) groups is 1. The van der Waals surface area contributed by atoms with Crippen LogP contribution in [0.25, 0.3) is 0 Å². The summed E-state index contributed by atoms with van der Waals surface area (Å²) in [6.45, 7) is 5.92. The van der Waals surface area contributed by atoms with Gasteiger partial charge in [0.2, 0.25) is 0 Å². The molecule has 0 saturated carbocycles. The third-order valence-electron chi connectivity index (χ3n) is 3.27. The van der Waals surface area contributed by atoms with Crippen molar-refractivity contribution in [2.24, 2.45) is 10.6 Å². The highest BCUT2D eigenvalue weighted by molar-refractivity contribution is 7.99. The topological polar surface area (TPSA) is 77.6 Å². The maximum absolute atomic E-state index is 11.9. The highest BCUT2D eigenvalue weighted by atomic mass is 32.2. The zero-order chi connectivity index (χ0) is 18.3. The van der Waals surface area contributed by atoms with Gasteiger partial charge in [-0.25, -0.2) is 4.79 Å². The van der Waals surface area contributed by atoms with Crippen molar-refractivity contribution in [3.63, 3.8) is 0 Å². The molecule has 1 amide bonds. The molecule has 0 radical (unpaired) electrons. The maximum atomic E-state index is 11.9. The van der Waals surface area contributed by atoms with Crippen molar-refractivity contribution >= 4 is 29.3 Å². The summed E-state index contributed by atoms with van der Waals surface area (Å²) in [6, 6.07) is 14.2. The first-order valence-electron chi connectivity index (χ1n) is 7.77.